The van der Waals surface area contributed by atoms with Gasteiger partial charge in [-0.05, 0) is 0 Å². The molecule has 0 saturated heterocycles. The lowest BCUT2D eigenvalue weighted by Gasteiger charge is -2.04. The van der Waals surface area contributed by atoms with E-state index in [1.807, 2.05) is 0 Å². The van der Waals surface area contributed by atoms with Gasteiger partial charge in [0.2, 0.25) is 11.9 Å². The minimum atomic E-state index is -0.437. The summed E-state index contributed by atoms with van der Waals surface area (Å²) in [5, 5.41) is 2.61. The summed E-state index contributed by atoms with van der Waals surface area (Å²) in [6.07, 6.45) is 0. The highest BCUT2D eigenvalue weighted by Gasteiger charge is 2.06. The SMILES string of the molecule is COC(=O)CNc1nc(N)nc(OC)n1. The van der Waals surface area contributed by atoms with Gasteiger partial charge in [0, 0.05) is 0 Å². The van der Waals surface area contributed by atoms with Crippen molar-refractivity contribution < 1.29 is 14.3 Å². The molecule has 1 aromatic rings. The van der Waals surface area contributed by atoms with Crippen LogP contribution in [0.4, 0.5) is 11.9 Å². The first kappa shape index (κ1) is 11.0. The second-order valence-electron chi connectivity index (χ2n) is 2.43. The van der Waals surface area contributed by atoms with Gasteiger partial charge in [-0.3, -0.25) is 4.79 Å². The summed E-state index contributed by atoms with van der Waals surface area (Å²) >= 11 is 0. The molecule has 0 aliphatic carbocycles. The van der Waals surface area contributed by atoms with Crippen LogP contribution in [0.15, 0.2) is 0 Å². The van der Waals surface area contributed by atoms with Gasteiger partial charge in [-0.1, -0.05) is 0 Å². The second kappa shape index (κ2) is 4.94. The molecule has 0 aliphatic rings. The third-order valence-corrected chi connectivity index (χ3v) is 1.43. The van der Waals surface area contributed by atoms with E-state index >= 15 is 0 Å². The summed E-state index contributed by atoms with van der Waals surface area (Å²) in [4.78, 5) is 22.0. The first-order valence-corrected chi connectivity index (χ1v) is 4.02. The Kier molecular flexibility index (Phi) is 3.61. The molecule has 0 aromatic carbocycles. The molecular formula is C7H11N5O3. The molecule has 8 heteroatoms. The van der Waals surface area contributed by atoms with E-state index in [9.17, 15) is 4.79 Å². The number of esters is 1. The maximum atomic E-state index is 10.8. The van der Waals surface area contributed by atoms with Crippen LogP contribution in [0, 0.1) is 0 Å². The highest BCUT2D eigenvalue weighted by molar-refractivity contribution is 5.74. The third-order valence-electron chi connectivity index (χ3n) is 1.43. The zero-order valence-corrected chi connectivity index (χ0v) is 8.35. The number of nitrogens with one attached hydrogen (secondary N) is 1. The summed E-state index contributed by atoms with van der Waals surface area (Å²) in [5.74, 6) is -0.271. The highest BCUT2D eigenvalue weighted by atomic mass is 16.5. The Hall–Kier alpha value is -2.12. The molecule has 0 amide bonds. The number of nitrogen functional groups attached to an aromatic ring is 1. The van der Waals surface area contributed by atoms with E-state index in [0.717, 1.165) is 0 Å². The molecule has 0 aliphatic heterocycles. The maximum absolute atomic E-state index is 10.8. The lowest BCUT2D eigenvalue weighted by atomic mass is 10.6. The van der Waals surface area contributed by atoms with Gasteiger partial charge < -0.3 is 20.5 Å². The molecular weight excluding hydrogens is 202 g/mol. The molecule has 3 N–H and O–H groups in total. The number of nitrogens with two attached hydrogens (primary N) is 1. The summed E-state index contributed by atoms with van der Waals surface area (Å²) in [7, 11) is 2.69. The van der Waals surface area contributed by atoms with Crippen LogP contribution in [0.2, 0.25) is 0 Å². The molecule has 0 radical (unpaired) electrons. The van der Waals surface area contributed by atoms with E-state index in [1.54, 1.807) is 0 Å². The molecule has 0 unspecified atom stereocenters. The summed E-state index contributed by atoms with van der Waals surface area (Å²) in [6, 6.07) is 0.0786. The van der Waals surface area contributed by atoms with E-state index in [4.69, 9.17) is 10.5 Å². The van der Waals surface area contributed by atoms with Gasteiger partial charge in [-0.15, -0.1) is 0 Å². The Morgan fingerprint density at radius 1 is 1.40 bits per heavy atom. The Labute approximate surface area is 85.8 Å². The van der Waals surface area contributed by atoms with Crippen LogP contribution in [-0.4, -0.2) is 41.7 Å². The van der Waals surface area contributed by atoms with Crippen LogP contribution in [0.25, 0.3) is 0 Å². The Morgan fingerprint density at radius 3 is 2.73 bits per heavy atom. The molecule has 82 valence electrons. The summed E-state index contributed by atoms with van der Waals surface area (Å²) in [6.45, 7) is -0.0525. The van der Waals surface area contributed by atoms with Crippen molar-refractivity contribution in [1.29, 1.82) is 0 Å². The predicted molar refractivity (Wildman–Crippen MR) is 51.3 cm³/mol. The van der Waals surface area contributed by atoms with E-state index < -0.39 is 5.97 Å². The van der Waals surface area contributed by atoms with Gasteiger partial charge in [-0.2, -0.15) is 15.0 Å². The molecule has 0 spiro atoms. The normalized spacial score (nSPS) is 9.47. The van der Waals surface area contributed by atoms with Crippen molar-refractivity contribution in [2.45, 2.75) is 0 Å². The van der Waals surface area contributed by atoms with Gasteiger partial charge >= 0.3 is 12.0 Å². The quantitative estimate of drug-likeness (QED) is 0.615. The van der Waals surface area contributed by atoms with Crippen molar-refractivity contribution in [1.82, 2.24) is 15.0 Å². The molecule has 0 bridgehead atoms. The number of anilines is 2. The number of methoxy groups -OCH3 is 2. The van der Waals surface area contributed by atoms with Crippen molar-refractivity contribution in [2.75, 3.05) is 31.8 Å². The van der Waals surface area contributed by atoms with Crippen molar-refractivity contribution in [3.63, 3.8) is 0 Å². The minimum Gasteiger partial charge on any atom is -0.468 e. The Morgan fingerprint density at radius 2 is 2.13 bits per heavy atom. The van der Waals surface area contributed by atoms with E-state index in [2.05, 4.69) is 25.0 Å². The number of rotatable bonds is 4. The van der Waals surface area contributed by atoms with Crippen molar-refractivity contribution >= 4 is 17.9 Å². The number of nitrogens with zero attached hydrogens (tertiary/aromatic N) is 3. The summed E-state index contributed by atoms with van der Waals surface area (Å²) < 4.78 is 9.19. The van der Waals surface area contributed by atoms with Gasteiger partial charge in [0.15, 0.2) is 0 Å². The number of carbonyl (C=O) groups excluding carboxylic acids is 1. The fourth-order valence-corrected chi connectivity index (χ4v) is 0.766. The van der Waals surface area contributed by atoms with Crippen molar-refractivity contribution in [3.8, 4) is 6.01 Å². The molecule has 1 rings (SSSR count). The Bertz CT molecular complexity index is 356. The predicted octanol–water partition coefficient (Wildman–Crippen LogP) is -0.953. The highest BCUT2D eigenvalue weighted by Crippen LogP contribution is 2.07. The van der Waals surface area contributed by atoms with Crippen LogP contribution >= 0.6 is 0 Å². The van der Waals surface area contributed by atoms with Crippen LogP contribution in [0.1, 0.15) is 0 Å². The minimum absolute atomic E-state index is 0.00853. The van der Waals surface area contributed by atoms with Crippen LogP contribution in [0.3, 0.4) is 0 Å². The number of hydrogen-bond donors (Lipinski definition) is 2. The number of hydrogen-bond acceptors (Lipinski definition) is 8. The van der Waals surface area contributed by atoms with Gasteiger partial charge in [0.25, 0.3) is 0 Å². The van der Waals surface area contributed by atoms with Crippen LogP contribution in [0.5, 0.6) is 6.01 Å². The number of carbonyl (C=O) groups is 1. The first-order chi connectivity index (χ1) is 7.15. The van der Waals surface area contributed by atoms with Crippen molar-refractivity contribution in [2.24, 2.45) is 0 Å². The zero-order valence-electron chi connectivity index (χ0n) is 8.35. The molecule has 8 nitrogen and oxygen atoms in total. The number of aromatic nitrogens is 3. The largest absolute Gasteiger partial charge is 0.468 e. The van der Waals surface area contributed by atoms with E-state index in [1.165, 1.54) is 14.2 Å². The molecule has 1 aromatic heterocycles. The summed E-state index contributed by atoms with van der Waals surface area (Å²) in [5.41, 5.74) is 5.38. The smallest absolute Gasteiger partial charge is 0.325 e. The molecule has 1 heterocycles. The first-order valence-electron chi connectivity index (χ1n) is 4.02. The maximum Gasteiger partial charge on any atom is 0.325 e. The van der Waals surface area contributed by atoms with Gasteiger partial charge in [-0.25, -0.2) is 0 Å². The fourth-order valence-electron chi connectivity index (χ4n) is 0.766. The molecule has 15 heavy (non-hydrogen) atoms. The molecule has 0 atom stereocenters. The van der Waals surface area contributed by atoms with Gasteiger partial charge in [0.05, 0.1) is 14.2 Å². The lowest BCUT2D eigenvalue weighted by Crippen LogP contribution is -2.17. The van der Waals surface area contributed by atoms with Crippen LogP contribution < -0.4 is 15.8 Å². The van der Waals surface area contributed by atoms with E-state index in [0.29, 0.717) is 0 Å². The van der Waals surface area contributed by atoms with Gasteiger partial charge in [0.1, 0.15) is 6.54 Å². The average Bonchev–Trinajstić information content (AvgIpc) is 2.25. The second-order valence-corrected chi connectivity index (χ2v) is 2.43. The standard InChI is InChI=1S/C7H11N5O3/c1-14-4(13)3-9-6-10-5(8)11-7(12-6)15-2/h3H2,1-2H3,(H3,8,9,10,11,12). The van der Waals surface area contributed by atoms with E-state index in [-0.39, 0.29) is 24.5 Å². The van der Waals surface area contributed by atoms with Crippen LogP contribution in [-0.2, 0) is 9.53 Å². The third kappa shape index (κ3) is 3.25. The Balaban J connectivity index is 2.68. The lowest BCUT2D eigenvalue weighted by molar-refractivity contribution is -0.138. The molecule has 0 fully saturated rings. The topological polar surface area (TPSA) is 112 Å². The fraction of sp³-hybridized carbons (Fsp3) is 0.429. The average molecular weight is 213 g/mol. The zero-order chi connectivity index (χ0) is 11.3. The van der Waals surface area contributed by atoms with Crippen molar-refractivity contribution in [3.05, 3.63) is 0 Å². The molecule has 0 saturated carbocycles. The monoisotopic (exact) mass is 213 g/mol. The number of ether oxygens (including phenoxy) is 2.